The van der Waals surface area contributed by atoms with Crippen molar-refractivity contribution in [2.75, 3.05) is 32.8 Å². The fraction of sp³-hybridized carbons (Fsp3) is 0.688. The van der Waals surface area contributed by atoms with Crippen LogP contribution in [0.2, 0.25) is 0 Å². The number of amides is 1. The molecule has 2 aliphatic rings. The Hall–Kier alpha value is -1.91. The van der Waals surface area contributed by atoms with Crippen molar-refractivity contribution in [1.29, 1.82) is 0 Å². The Labute approximate surface area is 155 Å². The minimum absolute atomic E-state index is 0.0791. The number of rotatable bonds is 7. The van der Waals surface area contributed by atoms with Gasteiger partial charge < -0.3 is 10.1 Å². The molecule has 0 unspecified atom stereocenters. The summed E-state index contributed by atoms with van der Waals surface area (Å²) >= 11 is 1.79. The molecule has 1 saturated heterocycles. The number of aromatic nitrogens is 5. The van der Waals surface area contributed by atoms with Crippen molar-refractivity contribution in [3.05, 3.63) is 21.4 Å². The van der Waals surface area contributed by atoms with E-state index in [1.165, 1.54) is 17.0 Å². The Bertz CT molecular complexity index is 732. The third kappa shape index (κ3) is 4.25. The zero-order valence-electron chi connectivity index (χ0n) is 14.7. The first kappa shape index (κ1) is 17.5. The van der Waals surface area contributed by atoms with Gasteiger partial charge in [0, 0.05) is 30.9 Å². The van der Waals surface area contributed by atoms with E-state index in [1.807, 2.05) is 0 Å². The lowest BCUT2D eigenvalue weighted by Gasteiger charge is -2.25. The number of tetrazole rings is 1. The van der Waals surface area contributed by atoms with Gasteiger partial charge in [0.2, 0.25) is 5.91 Å². The van der Waals surface area contributed by atoms with E-state index >= 15 is 0 Å². The van der Waals surface area contributed by atoms with Gasteiger partial charge in [-0.3, -0.25) is 9.69 Å². The average molecular weight is 377 g/mol. The summed E-state index contributed by atoms with van der Waals surface area (Å²) in [6.07, 6.45) is 4.26. The summed E-state index contributed by atoms with van der Waals surface area (Å²) in [5.41, 5.74) is 1.26. The number of thiazole rings is 1. The zero-order chi connectivity index (χ0) is 17.8. The van der Waals surface area contributed by atoms with Gasteiger partial charge in [-0.05, 0) is 29.7 Å². The van der Waals surface area contributed by atoms with Crippen molar-refractivity contribution >= 4 is 17.2 Å². The molecule has 26 heavy (non-hydrogen) atoms. The van der Waals surface area contributed by atoms with E-state index < -0.39 is 0 Å². The average Bonchev–Trinajstić information content (AvgIpc) is 3.33. The second-order valence-electron chi connectivity index (χ2n) is 6.57. The maximum absolute atomic E-state index is 12.2. The van der Waals surface area contributed by atoms with E-state index in [0.29, 0.717) is 18.9 Å². The van der Waals surface area contributed by atoms with Crippen LogP contribution >= 0.6 is 11.3 Å². The van der Waals surface area contributed by atoms with Gasteiger partial charge in [-0.15, -0.1) is 16.4 Å². The second kappa shape index (κ2) is 8.19. The maximum atomic E-state index is 12.2. The van der Waals surface area contributed by atoms with Crippen LogP contribution in [0.4, 0.5) is 0 Å². The summed E-state index contributed by atoms with van der Waals surface area (Å²) in [6.45, 7) is 4.53. The molecule has 1 aliphatic heterocycles. The molecular formula is C16H23N7O2S. The van der Waals surface area contributed by atoms with Crippen LogP contribution < -0.4 is 5.32 Å². The van der Waals surface area contributed by atoms with Crippen LogP contribution in [-0.2, 0) is 41.9 Å². The molecule has 4 rings (SSSR count). The fourth-order valence-corrected chi connectivity index (χ4v) is 4.43. The fourth-order valence-electron chi connectivity index (χ4n) is 3.27. The number of hydrogen-bond donors (Lipinski definition) is 1. The Kier molecular flexibility index (Phi) is 5.51. The Morgan fingerprint density at radius 3 is 3.00 bits per heavy atom. The molecule has 0 spiro atoms. The first-order valence-corrected chi connectivity index (χ1v) is 9.89. The van der Waals surface area contributed by atoms with Crippen molar-refractivity contribution in [2.24, 2.45) is 0 Å². The molecule has 1 fully saturated rings. The van der Waals surface area contributed by atoms with Gasteiger partial charge in [0.1, 0.15) is 6.54 Å². The van der Waals surface area contributed by atoms with Gasteiger partial charge in [-0.2, -0.15) is 0 Å². The standard InChI is InChI=1S/C16H23N7O2S/c24-15(17-5-4-16-18-12-2-1-3-13(12)26-16)11-23-14(19-20-21-23)10-22-6-8-25-9-7-22/h1-11H2,(H,17,24). The van der Waals surface area contributed by atoms with E-state index in [9.17, 15) is 4.79 Å². The Morgan fingerprint density at radius 1 is 1.27 bits per heavy atom. The predicted octanol–water partition coefficient (Wildman–Crippen LogP) is -0.191. The Morgan fingerprint density at radius 2 is 2.15 bits per heavy atom. The molecule has 0 bridgehead atoms. The second-order valence-corrected chi connectivity index (χ2v) is 7.74. The monoisotopic (exact) mass is 377 g/mol. The largest absolute Gasteiger partial charge is 0.379 e. The van der Waals surface area contributed by atoms with Gasteiger partial charge in [0.25, 0.3) is 0 Å². The van der Waals surface area contributed by atoms with Crippen molar-refractivity contribution in [2.45, 2.75) is 38.8 Å². The summed E-state index contributed by atoms with van der Waals surface area (Å²) < 4.78 is 6.92. The molecule has 10 heteroatoms. The molecule has 0 aromatic carbocycles. The summed E-state index contributed by atoms with van der Waals surface area (Å²) in [4.78, 5) is 20.5. The van der Waals surface area contributed by atoms with Crippen molar-refractivity contribution < 1.29 is 9.53 Å². The SMILES string of the molecule is O=C(Cn1nnnc1CN1CCOCC1)NCCc1nc2c(s1)CCC2. The lowest BCUT2D eigenvalue weighted by atomic mass is 10.3. The molecule has 9 nitrogen and oxygen atoms in total. The lowest BCUT2D eigenvalue weighted by Crippen LogP contribution is -2.37. The van der Waals surface area contributed by atoms with Crippen molar-refractivity contribution in [3.8, 4) is 0 Å². The number of carbonyl (C=O) groups excluding carboxylic acids is 1. The summed E-state index contributed by atoms with van der Waals surface area (Å²) in [7, 11) is 0. The Balaban J connectivity index is 1.23. The van der Waals surface area contributed by atoms with Crippen LogP contribution in [-0.4, -0.2) is 68.8 Å². The molecule has 0 atom stereocenters. The van der Waals surface area contributed by atoms with Crippen LogP contribution in [0, 0.1) is 0 Å². The number of carbonyl (C=O) groups is 1. The molecule has 2 aromatic rings. The van der Waals surface area contributed by atoms with E-state index in [1.54, 1.807) is 16.0 Å². The minimum Gasteiger partial charge on any atom is -0.379 e. The molecule has 1 N–H and O–H groups in total. The number of fused-ring (bicyclic) bond motifs is 1. The van der Waals surface area contributed by atoms with E-state index in [0.717, 1.165) is 50.6 Å². The summed E-state index contributed by atoms with van der Waals surface area (Å²) in [6, 6.07) is 0. The molecule has 1 amide bonds. The highest BCUT2D eigenvalue weighted by atomic mass is 32.1. The first-order valence-electron chi connectivity index (χ1n) is 9.07. The van der Waals surface area contributed by atoms with Crippen molar-refractivity contribution in [1.82, 2.24) is 35.4 Å². The van der Waals surface area contributed by atoms with Crippen LogP contribution in [0.1, 0.15) is 27.8 Å². The maximum Gasteiger partial charge on any atom is 0.241 e. The molecule has 140 valence electrons. The number of hydrogen-bond acceptors (Lipinski definition) is 8. The topological polar surface area (TPSA) is 98.1 Å². The van der Waals surface area contributed by atoms with Gasteiger partial charge >= 0.3 is 0 Å². The van der Waals surface area contributed by atoms with Crippen LogP contribution in [0.5, 0.6) is 0 Å². The van der Waals surface area contributed by atoms with Gasteiger partial charge in [0.15, 0.2) is 5.82 Å². The van der Waals surface area contributed by atoms with Crippen molar-refractivity contribution in [3.63, 3.8) is 0 Å². The van der Waals surface area contributed by atoms with E-state index in [4.69, 9.17) is 4.74 Å². The molecule has 0 radical (unpaired) electrons. The van der Waals surface area contributed by atoms with E-state index in [2.05, 4.69) is 30.7 Å². The van der Waals surface area contributed by atoms with Gasteiger partial charge in [-0.1, -0.05) is 0 Å². The smallest absolute Gasteiger partial charge is 0.241 e. The highest BCUT2D eigenvalue weighted by Gasteiger charge is 2.18. The lowest BCUT2D eigenvalue weighted by molar-refractivity contribution is -0.121. The predicted molar refractivity (Wildman–Crippen MR) is 94.8 cm³/mol. The molecule has 1 aliphatic carbocycles. The normalized spacial score (nSPS) is 17.4. The third-order valence-corrected chi connectivity index (χ3v) is 5.89. The molecule has 0 saturated carbocycles. The first-order chi connectivity index (χ1) is 12.8. The highest BCUT2D eigenvalue weighted by Crippen LogP contribution is 2.27. The quantitative estimate of drug-likeness (QED) is 0.714. The van der Waals surface area contributed by atoms with Crippen LogP contribution in [0.15, 0.2) is 0 Å². The van der Waals surface area contributed by atoms with Gasteiger partial charge in [0.05, 0.1) is 30.5 Å². The van der Waals surface area contributed by atoms with Crippen LogP contribution in [0.3, 0.4) is 0 Å². The van der Waals surface area contributed by atoms with E-state index in [-0.39, 0.29) is 12.5 Å². The molecular weight excluding hydrogens is 354 g/mol. The number of nitrogens with one attached hydrogen (secondary N) is 1. The number of aryl methyl sites for hydroxylation is 2. The highest BCUT2D eigenvalue weighted by molar-refractivity contribution is 7.11. The number of morpholine rings is 1. The molecule has 3 heterocycles. The minimum atomic E-state index is -0.0791. The zero-order valence-corrected chi connectivity index (χ0v) is 15.5. The summed E-state index contributed by atoms with van der Waals surface area (Å²) in [5.74, 6) is 0.628. The molecule has 2 aromatic heterocycles. The van der Waals surface area contributed by atoms with Gasteiger partial charge in [-0.25, -0.2) is 9.67 Å². The number of nitrogens with zero attached hydrogens (tertiary/aromatic N) is 6. The van der Waals surface area contributed by atoms with Crippen LogP contribution in [0.25, 0.3) is 0 Å². The number of ether oxygens (including phenoxy) is 1. The third-order valence-electron chi connectivity index (χ3n) is 4.67. The summed E-state index contributed by atoms with van der Waals surface area (Å²) in [5, 5.41) is 15.8.